The lowest BCUT2D eigenvalue weighted by Gasteiger charge is -2.23. The summed E-state index contributed by atoms with van der Waals surface area (Å²) >= 11 is 0. The number of methoxy groups -OCH3 is 1. The van der Waals surface area contributed by atoms with Gasteiger partial charge in [0.1, 0.15) is 5.75 Å². The van der Waals surface area contributed by atoms with E-state index in [0.29, 0.717) is 0 Å². The Morgan fingerprint density at radius 3 is 2.76 bits per heavy atom. The van der Waals surface area contributed by atoms with Gasteiger partial charge in [-0.2, -0.15) is 0 Å². The zero-order valence-corrected chi connectivity index (χ0v) is 15.0. The molecule has 4 rings (SSSR count). The zero-order chi connectivity index (χ0) is 17.4. The van der Waals surface area contributed by atoms with Crippen molar-refractivity contribution in [3.8, 4) is 5.75 Å². The molecule has 4 nitrogen and oxygen atoms in total. The average molecular weight is 333 g/mol. The molecular formula is C21H23N3O. The minimum atomic E-state index is 0.924. The summed E-state index contributed by atoms with van der Waals surface area (Å²) in [7, 11) is 3.93. The minimum absolute atomic E-state index is 0.924. The highest BCUT2D eigenvalue weighted by atomic mass is 16.5. The third-order valence-electron chi connectivity index (χ3n) is 5.04. The second kappa shape index (κ2) is 6.37. The number of hydrogen-bond donors (Lipinski definition) is 0. The molecule has 128 valence electrons. The third-order valence-corrected chi connectivity index (χ3v) is 5.04. The van der Waals surface area contributed by atoms with Crippen LogP contribution in [0.15, 0.2) is 42.7 Å². The number of benzene rings is 1. The summed E-state index contributed by atoms with van der Waals surface area (Å²) in [6.45, 7) is 4.21. The maximum Gasteiger partial charge on any atom is 0.143 e. The molecule has 0 unspecified atom stereocenters. The topological polar surface area (TPSA) is 30.3 Å². The molecule has 25 heavy (non-hydrogen) atoms. The van der Waals surface area contributed by atoms with Gasteiger partial charge < -0.3 is 14.2 Å². The molecule has 2 aromatic heterocycles. The third kappa shape index (κ3) is 2.72. The van der Waals surface area contributed by atoms with Crippen molar-refractivity contribution in [1.82, 2.24) is 14.5 Å². The Kier molecular flexibility index (Phi) is 4.06. The molecule has 4 heteroatoms. The van der Waals surface area contributed by atoms with Gasteiger partial charge in [-0.15, -0.1) is 0 Å². The van der Waals surface area contributed by atoms with Gasteiger partial charge >= 0.3 is 0 Å². The predicted octanol–water partition coefficient (Wildman–Crippen LogP) is 4.05. The van der Waals surface area contributed by atoms with Crippen LogP contribution in [-0.4, -0.2) is 35.2 Å². The summed E-state index contributed by atoms with van der Waals surface area (Å²) in [6.07, 6.45) is 6.96. The highest BCUT2D eigenvalue weighted by Crippen LogP contribution is 2.36. The molecule has 1 aliphatic rings. The van der Waals surface area contributed by atoms with Crippen LogP contribution < -0.4 is 4.74 Å². The zero-order valence-electron chi connectivity index (χ0n) is 15.0. The molecule has 0 saturated carbocycles. The van der Waals surface area contributed by atoms with Crippen molar-refractivity contribution in [3.63, 3.8) is 0 Å². The molecule has 0 aliphatic carbocycles. The number of ether oxygens (including phenoxy) is 1. The molecule has 0 bridgehead atoms. The molecule has 0 spiro atoms. The first-order chi connectivity index (χ1) is 12.2. The van der Waals surface area contributed by atoms with Crippen molar-refractivity contribution in [2.24, 2.45) is 0 Å². The minimum Gasteiger partial charge on any atom is -0.495 e. The van der Waals surface area contributed by atoms with Gasteiger partial charge in [-0.3, -0.25) is 4.98 Å². The number of nitrogens with zero attached hydrogens (tertiary/aromatic N) is 3. The van der Waals surface area contributed by atoms with Gasteiger partial charge in [-0.05, 0) is 48.9 Å². The van der Waals surface area contributed by atoms with Gasteiger partial charge in [0.2, 0.25) is 0 Å². The summed E-state index contributed by atoms with van der Waals surface area (Å²) in [6, 6.07) is 10.4. The fraction of sp³-hybridized carbons (Fsp3) is 0.286. The van der Waals surface area contributed by atoms with E-state index in [2.05, 4.69) is 58.9 Å². The Morgan fingerprint density at radius 1 is 1.20 bits per heavy atom. The van der Waals surface area contributed by atoms with Gasteiger partial charge in [-0.1, -0.05) is 12.1 Å². The lowest BCUT2D eigenvalue weighted by atomic mass is 10.0. The van der Waals surface area contributed by atoms with Crippen molar-refractivity contribution in [2.45, 2.75) is 19.9 Å². The fourth-order valence-electron chi connectivity index (χ4n) is 3.73. The van der Waals surface area contributed by atoms with Crippen molar-refractivity contribution in [3.05, 3.63) is 59.5 Å². The highest BCUT2D eigenvalue weighted by Gasteiger charge is 2.23. The second-order valence-electron chi connectivity index (χ2n) is 6.69. The summed E-state index contributed by atoms with van der Waals surface area (Å²) in [4.78, 5) is 6.50. The molecule has 0 saturated heterocycles. The van der Waals surface area contributed by atoms with Crippen molar-refractivity contribution in [1.29, 1.82) is 0 Å². The van der Waals surface area contributed by atoms with Crippen LogP contribution in [0.1, 0.15) is 23.7 Å². The van der Waals surface area contributed by atoms with Crippen molar-refractivity contribution >= 4 is 22.7 Å². The van der Waals surface area contributed by atoms with Crippen LogP contribution in [0.3, 0.4) is 0 Å². The average Bonchev–Trinajstić information content (AvgIpc) is 2.95. The van der Waals surface area contributed by atoms with Crippen LogP contribution >= 0.6 is 0 Å². The first-order valence-corrected chi connectivity index (χ1v) is 8.65. The van der Waals surface area contributed by atoms with Crippen LogP contribution in [0.5, 0.6) is 5.75 Å². The number of aromatic nitrogens is 2. The van der Waals surface area contributed by atoms with Gasteiger partial charge in [0.25, 0.3) is 0 Å². The second-order valence-corrected chi connectivity index (χ2v) is 6.69. The van der Waals surface area contributed by atoms with E-state index < -0.39 is 0 Å². The number of likely N-dealkylation sites (N-methyl/N-ethyl adjacent to an activating group) is 1. The van der Waals surface area contributed by atoms with Crippen molar-refractivity contribution < 1.29 is 4.74 Å². The molecule has 0 N–H and O–H groups in total. The number of allylic oxidation sites excluding steroid dienone is 1. The Bertz CT molecular complexity index is 941. The Hall–Kier alpha value is -2.59. The first kappa shape index (κ1) is 15.9. The van der Waals surface area contributed by atoms with Crippen LogP contribution in [0.4, 0.5) is 0 Å². The largest absolute Gasteiger partial charge is 0.495 e. The van der Waals surface area contributed by atoms with Crippen LogP contribution in [-0.2, 0) is 13.0 Å². The number of para-hydroxylation sites is 1. The summed E-state index contributed by atoms with van der Waals surface area (Å²) in [5, 5.41) is 1.29. The summed E-state index contributed by atoms with van der Waals surface area (Å²) in [5.74, 6) is 0.924. The van der Waals surface area contributed by atoms with Crippen LogP contribution in [0.2, 0.25) is 0 Å². The van der Waals surface area contributed by atoms with Crippen LogP contribution in [0.25, 0.3) is 22.7 Å². The van der Waals surface area contributed by atoms with Gasteiger partial charge in [0, 0.05) is 49.2 Å². The molecular weight excluding hydrogens is 310 g/mol. The maximum absolute atomic E-state index is 5.69. The standard InChI is InChI=1S/C21H23N3O/c1-15(16-7-10-22-11-8-16)13-24-19-9-12-23(2)14-18(19)17-5-4-6-20(25-3)21(17)24/h4-8,10-11,13H,9,12,14H2,1-3H3. The lowest BCUT2D eigenvalue weighted by Crippen LogP contribution is -2.26. The lowest BCUT2D eigenvalue weighted by molar-refractivity contribution is 0.312. The number of hydrogen-bond acceptors (Lipinski definition) is 3. The van der Waals surface area contributed by atoms with E-state index in [0.717, 1.165) is 25.3 Å². The number of rotatable bonds is 3. The molecule has 3 heterocycles. The Morgan fingerprint density at radius 2 is 2.00 bits per heavy atom. The predicted molar refractivity (Wildman–Crippen MR) is 103 cm³/mol. The smallest absolute Gasteiger partial charge is 0.143 e. The van der Waals surface area contributed by atoms with Crippen molar-refractivity contribution in [2.75, 3.05) is 20.7 Å². The Balaban J connectivity index is 1.97. The summed E-state index contributed by atoms with van der Waals surface area (Å²) < 4.78 is 8.03. The van der Waals surface area contributed by atoms with Gasteiger partial charge in [0.05, 0.1) is 12.6 Å². The number of pyridine rings is 1. The normalized spacial score (nSPS) is 15.4. The van der Waals surface area contributed by atoms with E-state index in [1.807, 2.05) is 18.5 Å². The molecule has 0 amide bonds. The van der Waals surface area contributed by atoms with E-state index in [9.17, 15) is 0 Å². The monoisotopic (exact) mass is 333 g/mol. The van der Waals surface area contributed by atoms with E-state index >= 15 is 0 Å². The van der Waals surface area contributed by atoms with E-state index in [1.165, 1.54) is 33.3 Å². The van der Waals surface area contributed by atoms with E-state index in [1.54, 1.807) is 7.11 Å². The summed E-state index contributed by atoms with van der Waals surface area (Å²) in [5.41, 5.74) is 6.38. The Labute approximate surface area is 148 Å². The molecule has 1 aliphatic heterocycles. The maximum atomic E-state index is 5.69. The van der Waals surface area contributed by atoms with E-state index in [-0.39, 0.29) is 0 Å². The molecule has 0 atom stereocenters. The quantitative estimate of drug-likeness (QED) is 0.724. The van der Waals surface area contributed by atoms with Crippen LogP contribution in [0, 0.1) is 0 Å². The van der Waals surface area contributed by atoms with E-state index in [4.69, 9.17) is 4.74 Å². The fourth-order valence-corrected chi connectivity index (χ4v) is 3.73. The molecule has 0 fully saturated rings. The van der Waals surface area contributed by atoms with Gasteiger partial charge in [-0.25, -0.2) is 0 Å². The first-order valence-electron chi connectivity index (χ1n) is 8.65. The molecule has 1 aromatic carbocycles. The highest BCUT2D eigenvalue weighted by molar-refractivity contribution is 5.94. The van der Waals surface area contributed by atoms with Gasteiger partial charge in [0.15, 0.2) is 0 Å². The molecule has 3 aromatic rings. The molecule has 0 radical (unpaired) electrons. The SMILES string of the molecule is COc1cccc2c3c(n(C=C(C)c4ccncc4)c12)CCN(C)C3. The number of fused-ring (bicyclic) bond motifs is 3.